The topological polar surface area (TPSA) is 85.6 Å². The highest BCUT2D eigenvalue weighted by Gasteiger charge is 2.45. The molecule has 0 spiro atoms. The van der Waals surface area contributed by atoms with E-state index in [1.807, 2.05) is 6.92 Å². The third-order valence-corrected chi connectivity index (χ3v) is 7.74. The Bertz CT molecular complexity index is 590. The quantitative estimate of drug-likeness (QED) is 0.598. The molecule has 0 bridgehead atoms. The van der Waals surface area contributed by atoms with E-state index in [2.05, 4.69) is 6.07 Å². The largest absolute Gasteiger partial charge is 0.529 e. The van der Waals surface area contributed by atoms with Crippen molar-refractivity contribution >= 4 is 18.6 Å². The molecule has 1 saturated carbocycles. The van der Waals surface area contributed by atoms with Crippen LogP contribution in [0.4, 0.5) is 0 Å². The summed E-state index contributed by atoms with van der Waals surface area (Å²) in [5, 5.41) is 9.00. The van der Waals surface area contributed by atoms with Crippen LogP contribution >= 0.6 is 7.82 Å². The number of hydrogen-bond donors (Lipinski definition) is 0. The first-order valence-corrected chi connectivity index (χ1v) is 11.4. The van der Waals surface area contributed by atoms with Crippen molar-refractivity contribution in [1.82, 2.24) is 0 Å². The monoisotopic (exact) mass is 375 g/mol. The first-order valence-electron chi connectivity index (χ1n) is 8.58. The van der Waals surface area contributed by atoms with Gasteiger partial charge in [-0.2, -0.15) is 5.26 Å². The van der Waals surface area contributed by atoms with Gasteiger partial charge in [-0.05, 0) is 51.0 Å². The third-order valence-electron chi connectivity index (χ3n) is 4.49. The minimum Gasteiger partial charge on any atom is -0.407 e. The summed E-state index contributed by atoms with van der Waals surface area (Å²) in [6, 6.07) is 2.28. The van der Waals surface area contributed by atoms with Crippen LogP contribution in [0.1, 0.15) is 46.5 Å². The lowest BCUT2D eigenvalue weighted by atomic mass is 9.82. The molecule has 0 radical (unpaired) electrons. The molecule has 0 aromatic rings. The Morgan fingerprint density at radius 2 is 1.96 bits per heavy atom. The fourth-order valence-electron chi connectivity index (χ4n) is 3.54. The van der Waals surface area contributed by atoms with E-state index in [0.29, 0.717) is 17.9 Å². The van der Waals surface area contributed by atoms with Gasteiger partial charge in [0.1, 0.15) is 11.0 Å². The fraction of sp³-hybridized carbons (Fsp3) is 0.812. The molecule has 24 heavy (non-hydrogen) atoms. The first kappa shape index (κ1) is 19.7. The van der Waals surface area contributed by atoms with Gasteiger partial charge >= 0.3 is 7.82 Å². The molecule has 2 rings (SSSR count). The van der Waals surface area contributed by atoms with E-state index in [1.54, 1.807) is 13.8 Å². The van der Waals surface area contributed by atoms with Gasteiger partial charge in [0.15, 0.2) is 0 Å². The fourth-order valence-corrected chi connectivity index (χ4v) is 6.23. The minimum atomic E-state index is -3.76. The molecule has 1 unspecified atom stereocenters. The summed E-state index contributed by atoms with van der Waals surface area (Å²) in [6.45, 7) is 5.62. The number of allylic oxidation sites excluding steroid dienone is 1. The number of nitrogens with zero attached hydrogens (tertiary/aromatic N) is 1. The second-order valence-electron chi connectivity index (χ2n) is 5.91. The standard InChI is InChI=1S/C16H26NO5PS/c1-4-20-23(18,21-5-2)22-15-14-9-7-8-12(14)10-13(11-17)16(15)24(19)6-3/h12-13,16H,4-10H2,1-3H3/t12-,13-,16+,24?/m1/s1. The Morgan fingerprint density at radius 1 is 1.29 bits per heavy atom. The van der Waals surface area contributed by atoms with Gasteiger partial charge in [0.25, 0.3) is 0 Å². The van der Waals surface area contributed by atoms with Crippen molar-refractivity contribution in [2.45, 2.75) is 51.7 Å². The number of phosphoric acid groups is 1. The number of rotatable bonds is 8. The number of hydrogen-bond acceptors (Lipinski definition) is 6. The van der Waals surface area contributed by atoms with Crippen molar-refractivity contribution in [3.05, 3.63) is 11.3 Å². The van der Waals surface area contributed by atoms with Crippen molar-refractivity contribution in [3.63, 3.8) is 0 Å². The molecule has 0 saturated heterocycles. The molecule has 0 heterocycles. The van der Waals surface area contributed by atoms with Crippen LogP contribution in [0.25, 0.3) is 0 Å². The predicted octanol–water partition coefficient (Wildman–Crippen LogP) is 3.92. The van der Waals surface area contributed by atoms with E-state index in [4.69, 9.17) is 13.6 Å². The maximum atomic E-state index is 12.8. The van der Waals surface area contributed by atoms with Crippen molar-refractivity contribution in [1.29, 1.82) is 5.26 Å². The van der Waals surface area contributed by atoms with E-state index in [9.17, 15) is 14.0 Å². The molecular formula is C16H26NO5PS. The average Bonchev–Trinajstić information content (AvgIpc) is 3.02. The molecule has 4 atom stereocenters. The zero-order valence-electron chi connectivity index (χ0n) is 14.5. The summed E-state index contributed by atoms with van der Waals surface area (Å²) in [6.07, 6.45) is 3.51. The molecule has 6 nitrogen and oxygen atoms in total. The van der Waals surface area contributed by atoms with Crippen LogP contribution in [-0.4, -0.2) is 28.4 Å². The maximum Gasteiger partial charge on any atom is 0.529 e. The van der Waals surface area contributed by atoms with Crippen molar-refractivity contribution in [2.75, 3.05) is 19.0 Å². The van der Waals surface area contributed by atoms with Gasteiger partial charge in [0.05, 0.1) is 25.2 Å². The van der Waals surface area contributed by atoms with Crippen LogP contribution in [0.2, 0.25) is 0 Å². The molecule has 136 valence electrons. The zero-order valence-corrected chi connectivity index (χ0v) is 16.2. The van der Waals surface area contributed by atoms with E-state index >= 15 is 0 Å². The summed E-state index contributed by atoms with van der Waals surface area (Å²) in [5.41, 5.74) is 1.05. The Balaban J connectivity index is 2.44. The van der Waals surface area contributed by atoms with E-state index in [0.717, 1.165) is 24.8 Å². The lowest BCUT2D eigenvalue weighted by molar-refractivity contribution is 0.138. The summed E-state index contributed by atoms with van der Waals surface area (Å²) in [4.78, 5) is 0. The maximum absolute atomic E-state index is 12.8. The van der Waals surface area contributed by atoms with Crippen LogP contribution in [0, 0.1) is 23.2 Å². The SMILES string of the molecule is CCOP(=O)(OCC)OC1=C2CCC[C@@H]2C[C@H](C#N)[C@@H]1S(=O)CC. The van der Waals surface area contributed by atoms with E-state index < -0.39 is 29.8 Å². The van der Waals surface area contributed by atoms with Gasteiger partial charge in [-0.3, -0.25) is 13.3 Å². The van der Waals surface area contributed by atoms with Gasteiger partial charge in [-0.1, -0.05) is 6.92 Å². The van der Waals surface area contributed by atoms with Gasteiger partial charge < -0.3 is 4.52 Å². The summed E-state index contributed by atoms with van der Waals surface area (Å²) in [7, 11) is -5.03. The summed E-state index contributed by atoms with van der Waals surface area (Å²) >= 11 is 0. The highest BCUT2D eigenvalue weighted by molar-refractivity contribution is 7.85. The van der Waals surface area contributed by atoms with Crippen molar-refractivity contribution in [3.8, 4) is 6.07 Å². The highest BCUT2D eigenvalue weighted by atomic mass is 32.2. The smallest absolute Gasteiger partial charge is 0.407 e. The number of fused-ring (bicyclic) bond motifs is 1. The van der Waals surface area contributed by atoms with Crippen LogP contribution in [0.15, 0.2) is 11.3 Å². The van der Waals surface area contributed by atoms with Crippen molar-refractivity contribution < 1.29 is 22.3 Å². The van der Waals surface area contributed by atoms with E-state index in [-0.39, 0.29) is 19.1 Å². The van der Waals surface area contributed by atoms with Gasteiger partial charge in [0, 0.05) is 16.6 Å². The minimum absolute atomic E-state index is 0.187. The van der Waals surface area contributed by atoms with Gasteiger partial charge in [-0.25, -0.2) is 4.57 Å². The lowest BCUT2D eigenvalue weighted by Crippen LogP contribution is -2.35. The molecule has 0 amide bonds. The van der Waals surface area contributed by atoms with Crippen LogP contribution in [0.3, 0.4) is 0 Å². The molecular weight excluding hydrogens is 349 g/mol. The number of nitriles is 1. The summed E-state index contributed by atoms with van der Waals surface area (Å²) in [5.74, 6) is 0.692. The van der Waals surface area contributed by atoms with Crippen LogP contribution < -0.4 is 0 Å². The molecule has 2 aliphatic rings. The third kappa shape index (κ3) is 4.11. The normalized spacial score (nSPS) is 28.3. The first-order chi connectivity index (χ1) is 11.5. The highest BCUT2D eigenvalue weighted by Crippen LogP contribution is 2.56. The molecule has 0 N–H and O–H groups in total. The molecule has 2 aliphatic carbocycles. The predicted molar refractivity (Wildman–Crippen MR) is 92.5 cm³/mol. The molecule has 8 heteroatoms. The Morgan fingerprint density at radius 3 is 2.50 bits per heavy atom. The second kappa shape index (κ2) is 8.62. The second-order valence-corrected chi connectivity index (χ2v) is 9.35. The van der Waals surface area contributed by atoms with Crippen molar-refractivity contribution in [2.24, 2.45) is 11.8 Å². The van der Waals surface area contributed by atoms with Gasteiger partial charge in [-0.15, -0.1) is 0 Å². The Labute approximate surface area is 146 Å². The van der Waals surface area contributed by atoms with Crippen LogP contribution in [0.5, 0.6) is 0 Å². The average molecular weight is 375 g/mol. The zero-order chi connectivity index (χ0) is 17.7. The van der Waals surface area contributed by atoms with E-state index in [1.165, 1.54) is 0 Å². The summed E-state index contributed by atoms with van der Waals surface area (Å²) < 4.78 is 41.7. The molecule has 0 aromatic heterocycles. The Kier molecular flexibility index (Phi) is 7.06. The van der Waals surface area contributed by atoms with Gasteiger partial charge in [0.2, 0.25) is 0 Å². The molecule has 0 aliphatic heterocycles. The Hall–Kier alpha value is -0.670. The lowest BCUT2D eigenvalue weighted by Gasteiger charge is -2.34. The molecule has 0 aromatic carbocycles. The molecule has 1 fully saturated rings. The van der Waals surface area contributed by atoms with Crippen LogP contribution in [-0.2, 0) is 28.9 Å². The number of phosphoric ester groups is 1.